The molecule has 1 N–H and O–H groups in total. The standard InChI is InChI=1S/C13H24N2/c1-6-13(4,5)14-12-7-9-15(10-8-12)11(2)3/h1,11-12,14H,7-10H2,2-5H3. The summed E-state index contributed by atoms with van der Waals surface area (Å²) >= 11 is 0. The summed E-state index contributed by atoms with van der Waals surface area (Å²) in [5, 5.41) is 3.54. The van der Waals surface area contributed by atoms with E-state index in [0.717, 1.165) is 0 Å². The molecule has 0 aromatic rings. The van der Waals surface area contributed by atoms with Crippen LogP contribution in [0.25, 0.3) is 0 Å². The normalized spacial score (nSPS) is 20.5. The molecule has 0 saturated carbocycles. The van der Waals surface area contributed by atoms with Gasteiger partial charge in [-0.05, 0) is 53.6 Å². The number of nitrogens with one attached hydrogen (secondary N) is 1. The maximum Gasteiger partial charge on any atom is 0.0743 e. The zero-order valence-electron chi connectivity index (χ0n) is 10.5. The van der Waals surface area contributed by atoms with Gasteiger partial charge in [-0.3, -0.25) is 5.32 Å². The Morgan fingerprint density at radius 2 is 1.87 bits per heavy atom. The van der Waals surface area contributed by atoms with Gasteiger partial charge >= 0.3 is 0 Å². The Morgan fingerprint density at radius 3 is 2.27 bits per heavy atom. The molecular weight excluding hydrogens is 184 g/mol. The molecule has 86 valence electrons. The Morgan fingerprint density at radius 1 is 1.33 bits per heavy atom. The second kappa shape index (κ2) is 5.01. The fraction of sp³-hybridized carbons (Fsp3) is 0.846. The molecule has 0 spiro atoms. The van der Waals surface area contributed by atoms with Gasteiger partial charge in [0.2, 0.25) is 0 Å². The summed E-state index contributed by atoms with van der Waals surface area (Å²) in [5.41, 5.74) is -0.162. The maximum absolute atomic E-state index is 5.48. The number of hydrogen-bond donors (Lipinski definition) is 1. The van der Waals surface area contributed by atoms with Gasteiger partial charge in [-0.25, -0.2) is 0 Å². The molecule has 0 unspecified atom stereocenters. The zero-order chi connectivity index (χ0) is 11.5. The van der Waals surface area contributed by atoms with Gasteiger partial charge in [0.05, 0.1) is 5.54 Å². The first-order valence-electron chi connectivity index (χ1n) is 5.94. The van der Waals surface area contributed by atoms with Crippen LogP contribution in [0, 0.1) is 12.3 Å². The lowest BCUT2D eigenvalue weighted by Crippen LogP contribution is -2.51. The topological polar surface area (TPSA) is 15.3 Å². The Hall–Kier alpha value is -0.520. The SMILES string of the molecule is C#CC(C)(C)NC1CCN(C(C)C)CC1. The molecule has 0 atom stereocenters. The van der Waals surface area contributed by atoms with Crippen molar-refractivity contribution in [3.05, 3.63) is 0 Å². The lowest BCUT2D eigenvalue weighted by atomic mass is 9.98. The van der Waals surface area contributed by atoms with Crippen LogP contribution in [0.15, 0.2) is 0 Å². The van der Waals surface area contributed by atoms with Gasteiger partial charge < -0.3 is 4.90 Å². The van der Waals surface area contributed by atoms with E-state index >= 15 is 0 Å². The van der Waals surface area contributed by atoms with E-state index < -0.39 is 0 Å². The average molecular weight is 208 g/mol. The van der Waals surface area contributed by atoms with Crippen molar-refractivity contribution < 1.29 is 0 Å². The second-order valence-corrected chi connectivity index (χ2v) is 5.32. The fourth-order valence-corrected chi connectivity index (χ4v) is 2.11. The molecule has 2 nitrogen and oxygen atoms in total. The van der Waals surface area contributed by atoms with E-state index in [-0.39, 0.29) is 5.54 Å². The molecule has 0 radical (unpaired) electrons. The maximum atomic E-state index is 5.48. The van der Waals surface area contributed by atoms with E-state index in [1.165, 1.54) is 25.9 Å². The van der Waals surface area contributed by atoms with Crippen LogP contribution in [0.2, 0.25) is 0 Å². The minimum atomic E-state index is -0.162. The van der Waals surface area contributed by atoms with Crippen molar-refractivity contribution in [2.45, 2.75) is 58.2 Å². The van der Waals surface area contributed by atoms with Crippen LogP contribution in [0.4, 0.5) is 0 Å². The summed E-state index contributed by atoms with van der Waals surface area (Å²) < 4.78 is 0. The first-order chi connectivity index (χ1) is 6.94. The number of likely N-dealkylation sites (tertiary alicyclic amines) is 1. The summed E-state index contributed by atoms with van der Waals surface area (Å²) in [7, 11) is 0. The number of hydrogen-bond acceptors (Lipinski definition) is 2. The van der Waals surface area contributed by atoms with E-state index in [1.807, 2.05) is 0 Å². The Bertz CT molecular complexity index is 229. The zero-order valence-corrected chi connectivity index (χ0v) is 10.5. The highest BCUT2D eigenvalue weighted by Gasteiger charge is 2.24. The third kappa shape index (κ3) is 3.85. The van der Waals surface area contributed by atoms with Gasteiger partial charge in [-0.15, -0.1) is 6.42 Å². The second-order valence-electron chi connectivity index (χ2n) is 5.32. The van der Waals surface area contributed by atoms with Crippen molar-refractivity contribution >= 4 is 0 Å². The van der Waals surface area contributed by atoms with Gasteiger partial charge in [-0.1, -0.05) is 5.92 Å². The van der Waals surface area contributed by atoms with Crippen molar-refractivity contribution in [1.82, 2.24) is 10.2 Å². The largest absolute Gasteiger partial charge is 0.301 e. The molecule has 0 amide bonds. The molecule has 0 aromatic heterocycles. The first kappa shape index (κ1) is 12.5. The lowest BCUT2D eigenvalue weighted by molar-refractivity contribution is 0.154. The summed E-state index contributed by atoms with van der Waals surface area (Å²) in [4.78, 5) is 2.53. The van der Waals surface area contributed by atoms with Crippen LogP contribution in [-0.4, -0.2) is 35.6 Å². The molecular formula is C13H24N2. The summed E-state index contributed by atoms with van der Waals surface area (Å²) in [6, 6.07) is 1.26. The monoisotopic (exact) mass is 208 g/mol. The van der Waals surface area contributed by atoms with E-state index in [0.29, 0.717) is 12.1 Å². The van der Waals surface area contributed by atoms with Crippen molar-refractivity contribution in [2.24, 2.45) is 0 Å². The van der Waals surface area contributed by atoms with Crippen LogP contribution < -0.4 is 5.32 Å². The molecule has 1 aliphatic rings. The van der Waals surface area contributed by atoms with Crippen LogP contribution in [-0.2, 0) is 0 Å². The third-order valence-electron chi connectivity index (χ3n) is 3.19. The molecule has 0 aliphatic carbocycles. The summed E-state index contributed by atoms with van der Waals surface area (Å²) in [5.74, 6) is 2.80. The van der Waals surface area contributed by atoms with Crippen LogP contribution in [0.5, 0.6) is 0 Å². The molecule has 1 saturated heterocycles. The minimum absolute atomic E-state index is 0.162. The van der Waals surface area contributed by atoms with Crippen LogP contribution >= 0.6 is 0 Å². The van der Waals surface area contributed by atoms with Crippen LogP contribution in [0.3, 0.4) is 0 Å². The number of rotatable bonds is 3. The fourth-order valence-electron chi connectivity index (χ4n) is 2.11. The number of piperidine rings is 1. The number of nitrogens with zero attached hydrogens (tertiary/aromatic N) is 1. The summed E-state index contributed by atoms with van der Waals surface area (Å²) in [6.07, 6.45) is 7.90. The molecule has 15 heavy (non-hydrogen) atoms. The molecule has 1 rings (SSSR count). The van der Waals surface area contributed by atoms with Crippen LogP contribution in [0.1, 0.15) is 40.5 Å². The Kier molecular flexibility index (Phi) is 4.19. The molecule has 1 fully saturated rings. The van der Waals surface area contributed by atoms with E-state index in [2.05, 4.69) is 43.8 Å². The quantitative estimate of drug-likeness (QED) is 0.712. The summed E-state index contributed by atoms with van der Waals surface area (Å²) in [6.45, 7) is 11.0. The highest BCUT2D eigenvalue weighted by molar-refractivity contribution is 5.08. The molecule has 0 bridgehead atoms. The highest BCUT2D eigenvalue weighted by Crippen LogP contribution is 2.15. The number of terminal acetylenes is 1. The smallest absolute Gasteiger partial charge is 0.0743 e. The van der Waals surface area contributed by atoms with Crippen molar-refractivity contribution in [3.63, 3.8) is 0 Å². The van der Waals surface area contributed by atoms with Crippen molar-refractivity contribution in [2.75, 3.05) is 13.1 Å². The van der Waals surface area contributed by atoms with E-state index in [1.54, 1.807) is 0 Å². The minimum Gasteiger partial charge on any atom is -0.301 e. The van der Waals surface area contributed by atoms with Gasteiger partial charge in [0, 0.05) is 12.1 Å². The molecule has 0 aromatic carbocycles. The van der Waals surface area contributed by atoms with E-state index in [9.17, 15) is 0 Å². The van der Waals surface area contributed by atoms with Crippen molar-refractivity contribution in [1.29, 1.82) is 0 Å². The molecule has 2 heteroatoms. The van der Waals surface area contributed by atoms with E-state index in [4.69, 9.17) is 6.42 Å². The molecule has 1 aliphatic heterocycles. The van der Waals surface area contributed by atoms with Gasteiger partial charge in [0.25, 0.3) is 0 Å². The first-order valence-corrected chi connectivity index (χ1v) is 5.94. The molecule has 1 heterocycles. The van der Waals surface area contributed by atoms with Gasteiger partial charge in [-0.2, -0.15) is 0 Å². The van der Waals surface area contributed by atoms with Crippen molar-refractivity contribution in [3.8, 4) is 12.3 Å². The highest BCUT2D eigenvalue weighted by atomic mass is 15.2. The Labute approximate surface area is 94.4 Å². The average Bonchev–Trinajstić information content (AvgIpc) is 2.18. The predicted octanol–water partition coefficient (Wildman–Crippen LogP) is 1.86. The van der Waals surface area contributed by atoms with Gasteiger partial charge in [0.15, 0.2) is 0 Å². The predicted molar refractivity (Wildman–Crippen MR) is 65.8 cm³/mol. The third-order valence-corrected chi connectivity index (χ3v) is 3.19. The van der Waals surface area contributed by atoms with Gasteiger partial charge in [0.1, 0.15) is 0 Å². The Balaban J connectivity index is 2.36. The lowest BCUT2D eigenvalue weighted by Gasteiger charge is -2.37.